The first-order valence-electron chi connectivity index (χ1n) is 8.50. The van der Waals surface area contributed by atoms with Gasteiger partial charge in [0.15, 0.2) is 6.61 Å². The summed E-state index contributed by atoms with van der Waals surface area (Å²) >= 11 is 0. The van der Waals surface area contributed by atoms with Crippen LogP contribution in [0.1, 0.15) is 17.1 Å². The molecular weight excluding hydrogens is 320 g/mol. The van der Waals surface area contributed by atoms with Gasteiger partial charge in [-0.3, -0.25) is 4.79 Å². The van der Waals surface area contributed by atoms with Crippen molar-refractivity contribution in [2.75, 3.05) is 38.2 Å². The van der Waals surface area contributed by atoms with E-state index in [1.54, 1.807) is 4.90 Å². The summed E-state index contributed by atoms with van der Waals surface area (Å²) in [6.07, 6.45) is 0. The number of furan rings is 1. The number of aryl methyl sites for hydroxylation is 2. The fourth-order valence-electron chi connectivity index (χ4n) is 2.83. The highest BCUT2D eigenvalue weighted by atomic mass is 16.5. The lowest BCUT2D eigenvalue weighted by Crippen LogP contribution is -2.43. The Hall–Kier alpha value is -2.47. The topological polar surface area (TPSA) is 63.9 Å². The fourth-order valence-corrected chi connectivity index (χ4v) is 2.83. The molecule has 0 spiro atoms. The van der Waals surface area contributed by atoms with Crippen molar-refractivity contribution in [1.82, 2.24) is 4.90 Å². The molecule has 134 valence electrons. The minimum atomic E-state index is -0.0144. The van der Waals surface area contributed by atoms with E-state index in [1.165, 1.54) is 0 Å². The molecule has 0 radical (unpaired) electrons. The second-order valence-electron chi connectivity index (χ2n) is 6.07. The van der Waals surface area contributed by atoms with E-state index in [1.807, 2.05) is 44.2 Å². The maximum Gasteiger partial charge on any atom is 0.260 e. The Labute approximate surface area is 147 Å². The lowest BCUT2D eigenvalue weighted by molar-refractivity contribution is -0.137. The molecule has 2 aromatic rings. The van der Waals surface area contributed by atoms with Crippen LogP contribution < -0.4 is 10.1 Å². The highest BCUT2D eigenvalue weighted by Crippen LogP contribution is 2.25. The van der Waals surface area contributed by atoms with E-state index in [-0.39, 0.29) is 12.5 Å². The van der Waals surface area contributed by atoms with Gasteiger partial charge in [-0.1, -0.05) is 12.1 Å². The Morgan fingerprint density at radius 1 is 1.24 bits per heavy atom. The van der Waals surface area contributed by atoms with E-state index in [4.69, 9.17) is 13.9 Å². The summed E-state index contributed by atoms with van der Waals surface area (Å²) in [7, 11) is 0. The van der Waals surface area contributed by atoms with Crippen molar-refractivity contribution in [3.8, 4) is 5.75 Å². The second kappa shape index (κ2) is 8.07. The highest BCUT2D eigenvalue weighted by molar-refractivity contribution is 5.78. The normalized spacial score (nSPS) is 14.4. The zero-order valence-electron chi connectivity index (χ0n) is 14.7. The van der Waals surface area contributed by atoms with Gasteiger partial charge in [0.25, 0.3) is 5.91 Å². The third-order valence-electron chi connectivity index (χ3n) is 4.22. The van der Waals surface area contributed by atoms with Crippen molar-refractivity contribution in [2.45, 2.75) is 20.4 Å². The molecule has 1 aromatic heterocycles. The minimum Gasteiger partial charge on any atom is -0.482 e. The molecule has 0 bridgehead atoms. The third kappa shape index (κ3) is 4.54. The third-order valence-corrected chi connectivity index (χ3v) is 4.22. The molecule has 1 aromatic carbocycles. The number of ether oxygens (including phenoxy) is 2. The number of hydrogen-bond acceptors (Lipinski definition) is 5. The predicted molar refractivity (Wildman–Crippen MR) is 94.8 cm³/mol. The van der Waals surface area contributed by atoms with Crippen LogP contribution in [0, 0.1) is 13.8 Å². The van der Waals surface area contributed by atoms with Crippen molar-refractivity contribution >= 4 is 11.6 Å². The van der Waals surface area contributed by atoms with Gasteiger partial charge in [-0.05, 0) is 32.0 Å². The Bertz CT molecular complexity index is 720. The number of benzene rings is 1. The second-order valence-corrected chi connectivity index (χ2v) is 6.07. The quantitative estimate of drug-likeness (QED) is 0.873. The maximum atomic E-state index is 12.2. The zero-order valence-corrected chi connectivity index (χ0v) is 14.7. The number of nitrogens with one attached hydrogen (secondary N) is 1. The molecule has 0 aliphatic carbocycles. The molecule has 1 aliphatic rings. The average Bonchev–Trinajstić information content (AvgIpc) is 2.96. The standard InChI is InChI=1S/C19H24N2O4/c1-14-11-16(15(2)25-14)12-20-17-5-3-4-6-18(17)24-13-19(22)21-7-9-23-10-8-21/h3-6,11,20H,7-10,12-13H2,1-2H3. The molecule has 1 saturated heterocycles. The number of rotatable bonds is 6. The molecule has 1 N–H and O–H groups in total. The van der Waals surface area contributed by atoms with Crippen molar-refractivity contribution in [1.29, 1.82) is 0 Å². The summed E-state index contributed by atoms with van der Waals surface area (Å²) in [6.45, 7) is 6.99. The lowest BCUT2D eigenvalue weighted by Gasteiger charge is -2.26. The Morgan fingerprint density at radius 2 is 2.00 bits per heavy atom. The number of amides is 1. The summed E-state index contributed by atoms with van der Waals surface area (Å²) in [5, 5.41) is 3.36. The summed E-state index contributed by atoms with van der Waals surface area (Å²) in [5.74, 6) is 2.46. The molecule has 1 fully saturated rings. The average molecular weight is 344 g/mol. The summed E-state index contributed by atoms with van der Waals surface area (Å²) in [5.41, 5.74) is 1.97. The maximum absolute atomic E-state index is 12.2. The number of hydrogen-bond donors (Lipinski definition) is 1. The van der Waals surface area contributed by atoms with E-state index in [9.17, 15) is 4.79 Å². The zero-order chi connectivity index (χ0) is 17.6. The number of carbonyl (C=O) groups is 1. The van der Waals surface area contributed by atoms with Crippen LogP contribution in [-0.2, 0) is 16.1 Å². The molecule has 6 heteroatoms. The molecule has 1 amide bonds. The molecule has 1 aliphatic heterocycles. The van der Waals surface area contributed by atoms with Crippen molar-refractivity contribution in [3.05, 3.63) is 47.4 Å². The number of nitrogens with zero attached hydrogens (tertiary/aromatic N) is 1. The molecule has 6 nitrogen and oxygen atoms in total. The van der Waals surface area contributed by atoms with Crippen LogP contribution in [-0.4, -0.2) is 43.7 Å². The first kappa shape index (κ1) is 17.4. The van der Waals surface area contributed by atoms with Crippen LogP contribution in [0.3, 0.4) is 0 Å². The molecule has 0 atom stereocenters. The molecule has 0 saturated carbocycles. The van der Waals surface area contributed by atoms with Gasteiger partial charge in [0, 0.05) is 25.2 Å². The molecule has 25 heavy (non-hydrogen) atoms. The van der Waals surface area contributed by atoms with Crippen molar-refractivity contribution in [2.24, 2.45) is 0 Å². The summed E-state index contributed by atoms with van der Waals surface area (Å²) in [4.78, 5) is 14.0. The van der Waals surface area contributed by atoms with Crippen LogP contribution in [0.15, 0.2) is 34.7 Å². The van der Waals surface area contributed by atoms with Crippen LogP contribution in [0.25, 0.3) is 0 Å². The van der Waals surface area contributed by atoms with Crippen LogP contribution in [0.5, 0.6) is 5.75 Å². The van der Waals surface area contributed by atoms with Crippen LogP contribution in [0.4, 0.5) is 5.69 Å². The number of morpholine rings is 1. The van der Waals surface area contributed by atoms with Gasteiger partial charge in [-0.25, -0.2) is 0 Å². The van der Waals surface area contributed by atoms with Gasteiger partial charge in [0.05, 0.1) is 18.9 Å². The lowest BCUT2D eigenvalue weighted by atomic mass is 10.2. The van der Waals surface area contributed by atoms with E-state index in [0.29, 0.717) is 38.6 Å². The van der Waals surface area contributed by atoms with E-state index < -0.39 is 0 Å². The number of carbonyl (C=O) groups excluding carboxylic acids is 1. The summed E-state index contributed by atoms with van der Waals surface area (Å²) in [6, 6.07) is 9.66. The van der Waals surface area contributed by atoms with Crippen molar-refractivity contribution in [3.63, 3.8) is 0 Å². The van der Waals surface area contributed by atoms with E-state index in [2.05, 4.69) is 5.32 Å². The fraction of sp³-hybridized carbons (Fsp3) is 0.421. The molecular formula is C19H24N2O4. The first-order chi connectivity index (χ1) is 12.1. The minimum absolute atomic E-state index is 0.0144. The van der Waals surface area contributed by atoms with Gasteiger partial charge < -0.3 is 24.1 Å². The molecule has 0 unspecified atom stereocenters. The van der Waals surface area contributed by atoms with Crippen molar-refractivity contribution < 1.29 is 18.7 Å². The molecule has 3 rings (SSSR count). The smallest absolute Gasteiger partial charge is 0.260 e. The van der Waals surface area contributed by atoms with Gasteiger partial charge >= 0.3 is 0 Å². The Kier molecular flexibility index (Phi) is 5.60. The molecule has 2 heterocycles. The Balaban J connectivity index is 1.58. The number of para-hydroxylation sites is 2. The van der Waals surface area contributed by atoms with Crippen LogP contribution >= 0.6 is 0 Å². The van der Waals surface area contributed by atoms with Gasteiger partial charge in [-0.15, -0.1) is 0 Å². The monoisotopic (exact) mass is 344 g/mol. The largest absolute Gasteiger partial charge is 0.482 e. The first-order valence-corrected chi connectivity index (χ1v) is 8.50. The van der Waals surface area contributed by atoms with E-state index in [0.717, 1.165) is 22.8 Å². The van der Waals surface area contributed by atoms with Gasteiger partial charge in [-0.2, -0.15) is 0 Å². The van der Waals surface area contributed by atoms with Crippen LogP contribution in [0.2, 0.25) is 0 Å². The predicted octanol–water partition coefficient (Wildman–Crippen LogP) is 2.75. The van der Waals surface area contributed by atoms with Gasteiger partial charge in [0.1, 0.15) is 17.3 Å². The Morgan fingerprint density at radius 3 is 2.72 bits per heavy atom. The SMILES string of the molecule is Cc1cc(CNc2ccccc2OCC(=O)N2CCOCC2)c(C)o1. The summed E-state index contributed by atoms with van der Waals surface area (Å²) < 4.78 is 16.6. The van der Waals surface area contributed by atoms with Gasteiger partial charge in [0.2, 0.25) is 0 Å². The van der Waals surface area contributed by atoms with E-state index >= 15 is 0 Å². The highest BCUT2D eigenvalue weighted by Gasteiger charge is 2.17. The number of anilines is 1.